The molecule has 2 unspecified atom stereocenters. The topological polar surface area (TPSA) is 83.6 Å². The van der Waals surface area contributed by atoms with Crippen molar-refractivity contribution in [3.8, 4) is 0 Å². The van der Waals surface area contributed by atoms with Gasteiger partial charge in [-0.25, -0.2) is 8.42 Å². The van der Waals surface area contributed by atoms with Crippen molar-refractivity contribution in [2.24, 2.45) is 5.73 Å². The summed E-state index contributed by atoms with van der Waals surface area (Å²) in [5.74, 6) is 0.00344. The molecule has 2 bridgehead atoms. The minimum atomic E-state index is -3.36. The van der Waals surface area contributed by atoms with Crippen molar-refractivity contribution in [1.82, 2.24) is 4.31 Å². The van der Waals surface area contributed by atoms with E-state index >= 15 is 0 Å². The van der Waals surface area contributed by atoms with Gasteiger partial charge < -0.3 is 10.8 Å². The molecule has 5 nitrogen and oxygen atoms in total. The quantitative estimate of drug-likeness (QED) is 0.868. The van der Waals surface area contributed by atoms with Crippen LogP contribution in [0.4, 0.5) is 0 Å². The van der Waals surface area contributed by atoms with Crippen LogP contribution in [0.25, 0.3) is 0 Å². The van der Waals surface area contributed by atoms with Gasteiger partial charge in [0.05, 0.1) is 11.9 Å². The van der Waals surface area contributed by atoms with Crippen LogP contribution in [-0.4, -0.2) is 36.0 Å². The second kappa shape index (κ2) is 5.68. The van der Waals surface area contributed by atoms with Crippen LogP contribution >= 0.6 is 0 Å². The van der Waals surface area contributed by atoms with Crippen LogP contribution in [0.2, 0.25) is 0 Å². The lowest BCUT2D eigenvalue weighted by Gasteiger charge is -2.36. The first-order valence-corrected chi connectivity index (χ1v) is 9.08. The molecule has 2 atom stereocenters. The van der Waals surface area contributed by atoms with Crippen molar-refractivity contribution in [3.05, 3.63) is 35.4 Å². The third-order valence-corrected chi connectivity index (χ3v) is 6.55. The van der Waals surface area contributed by atoms with Gasteiger partial charge in [0.25, 0.3) is 0 Å². The van der Waals surface area contributed by atoms with E-state index in [1.807, 2.05) is 24.3 Å². The Bertz CT molecular complexity index is 603. The van der Waals surface area contributed by atoms with Crippen LogP contribution in [0.5, 0.6) is 0 Å². The Kier molecular flexibility index (Phi) is 4.05. The van der Waals surface area contributed by atoms with Crippen molar-refractivity contribution in [2.75, 3.05) is 0 Å². The third kappa shape index (κ3) is 2.85. The molecule has 1 aromatic rings. The molecule has 0 radical (unpaired) electrons. The molecule has 1 aromatic carbocycles. The Hall–Kier alpha value is -0.950. The smallest absolute Gasteiger partial charge is 0.218 e. The third-order valence-electron chi connectivity index (χ3n) is 4.64. The van der Waals surface area contributed by atoms with E-state index in [1.54, 1.807) is 4.31 Å². The summed E-state index contributed by atoms with van der Waals surface area (Å²) in [5, 5.41) is 9.81. The first-order valence-electron chi connectivity index (χ1n) is 7.47. The van der Waals surface area contributed by atoms with E-state index in [4.69, 9.17) is 5.73 Å². The Morgan fingerprint density at radius 1 is 1.14 bits per heavy atom. The van der Waals surface area contributed by atoms with E-state index in [0.717, 1.165) is 24.0 Å². The summed E-state index contributed by atoms with van der Waals surface area (Å²) < 4.78 is 27.2. The van der Waals surface area contributed by atoms with Crippen molar-refractivity contribution in [3.63, 3.8) is 0 Å². The van der Waals surface area contributed by atoms with Crippen LogP contribution in [0, 0.1) is 0 Å². The maximum atomic E-state index is 12.8. The van der Waals surface area contributed by atoms with Gasteiger partial charge >= 0.3 is 0 Å². The summed E-state index contributed by atoms with van der Waals surface area (Å²) in [6.45, 7) is 0.345. The molecule has 21 heavy (non-hydrogen) atoms. The molecule has 0 amide bonds. The van der Waals surface area contributed by atoms with E-state index in [9.17, 15) is 13.5 Å². The predicted octanol–water partition coefficient (Wildman–Crippen LogP) is 0.963. The molecule has 2 heterocycles. The van der Waals surface area contributed by atoms with Crippen molar-refractivity contribution >= 4 is 10.0 Å². The Morgan fingerprint density at radius 3 is 2.29 bits per heavy atom. The van der Waals surface area contributed by atoms with Gasteiger partial charge in [0, 0.05) is 18.6 Å². The first kappa shape index (κ1) is 15.0. The Labute approximate surface area is 125 Å². The number of rotatable bonds is 4. The maximum absolute atomic E-state index is 12.8. The highest BCUT2D eigenvalue weighted by Crippen LogP contribution is 2.38. The van der Waals surface area contributed by atoms with Crippen molar-refractivity contribution in [2.45, 2.75) is 56.2 Å². The average Bonchev–Trinajstić information content (AvgIpc) is 2.73. The zero-order chi connectivity index (χ0) is 15.0. The Balaban J connectivity index is 1.85. The lowest BCUT2D eigenvalue weighted by Crippen LogP contribution is -2.48. The molecule has 2 saturated heterocycles. The van der Waals surface area contributed by atoms with Gasteiger partial charge in [-0.1, -0.05) is 24.3 Å². The number of nitrogens with two attached hydrogens (primary N) is 1. The van der Waals surface area contributed by atoms with Crippen molar-refractivity contribution < 1.29 is 13.5 Å². The number of aliphatic hydroxyl groups excluding tert-OH is 1. The van der Waals surface area contributed by atoms with E-state index < -0.39 is 10.0 Å². The number of sulfonamides is 1. The highest BCUT2D eigenvalue weighted by atomic mass is 32.2. The fourth-order valence-corrected chi connectivity index (χ4v) is 5.84. The SMILES string of the molecule is NCc1ccccc1CS(=O)(=O)N1C2CCC1CC(O)C2. The molecule has 2 fully saturated rings. The molecule has 0 spiro atoms. The van der Waals surface area contributed by atoms with Crippen LogP contribution in [0.3, 0.4) is 0 Å². The van der Waals surface area contributed by atoms with E-state index in [-0.39, 0.29) is 23.9 Å². The van der Waals surface area contributed by atoms with Crippen molar-refractivity contribution in [1.29, 1.82) is 0 Å². The fraction of sp³-hybridized carbons (Fsp3) is 0.600. The molecule has 2 aliphatic heterocycles. The molecule has 0 aliphatic carbocycles. The molecular formula is C15H22N2O3S. The average molecular weight is 310 g/mol. The number of fused-ring (bicyclic) bond motifs is 2. The minimum absolute atomic E-state index is 0.00344. The zero-order valence-electron chi connectivity index (χ0n) is 12.0. The van der Waals surface area contributed by atoms with Gasteiger partial charge in [-0.2, -0.15) is 4.31 Å². The molecule has 0 saturated carbocycles. The van der Waals surface area contributed by atoms with Gasteiger partial charge in [0.15, 0.2) is 0 Å². The van der Waals surface area contributed by atoms with Gasteiger partial charge in [-0.05, 0) is 36.8 Å². The zero-order valence-corrected chi connectivity index (χ0v) is 12.8. The summed E-state index contributed by atoms with van der Waals surface area (Å²) >= 11 is 0. The number of nitrogens with zero attached hydrogens (tertiary/aromatic N) is 1. The van der Waals surface area contributed by atoms with E-state index in [1.165, 1.54) is 0 Å². The summed E-state index contributed by atoms with van der Waals surface area (Å²) in [4.78, 5) is 0. The summed E-state index contributed by atoms with van der Waals surface area (Å²) in [6.07, 6.45) is 2.49. The summed E-state index contributed by atoms with van der Waals surface area (Å²) in [7, 11) is -3.36. The highest BCUT2D eigenvalue weighted by molar-refractivity contribution is 7.88. The van der Waals surface area contributed by atoms with Gasteiger partial charge in [0.2, 0.25) is 10.0 Å². The monoisotopic (exact) mass is 310 g/mol. The molecular weight excluding hydrogens is 288 g/mol. The molecule has 0 aromatic heterocycles. The highest BCUT2D eigenvalue weighted by Gasteiger charge is 2.46. The number of hydrogen-bond donors (Lipinski definition) is 2. The van der Waals surface area contributed by atoms with E-state index in [2.05, 4.69) is 0 Å². The number of aliphatic hydroxyl groups is 1. The van der Waals surface area contributed by atoms with Gasteiger partial charge in [-0.3, -0.25) is 0 Å². The Morgan fingerprint density at radius 2 is 1.71 bits per heavy atom. The molecule has 6 heteroatoms. The second-order valence-corrected chi connectivity index (χ2v) is 7.94. The molecule has 3 rings (SSSR count). The lowest BCUT2D eigenvalue weighted by atomic mass is 10.0. The number of benzene rings is 1. The van der Waals surface area contributed by atoms with E-state index in [0.29, 0.717) is 19.4 Å². The van der Waals surface area contributed by atoms with Crippen LogP contribution in [0.15, 0.2) is 24.3 Å². The van der Waals surface area contributed by atoms with Crippen LogP contribution < -0.4 is 5.73 Å². The maximum Gasteiger partial charge on any atom is 0.218 e. The fourth-order valence-electron chi connectivity index (χ4n) is 3.73. The summed E-state index contributed by atoms with van der Waals surface area (Å²) in [5.41, 5.74) is 7.35. The molecule has 2 aliphatic rings. The second-order valence-electron chi connectivity index (χ2n) is 6.07. The standard InChI is InChI=1S/C15H22N2O3S/c16-9-11-3-1-2-4-12(11)10-21(19,20)17-13-5-6-14(17)8-15(18)7-13/h1-4,13-15,18H,5-10,16H2. The van der Waals surface area contributed by atoms with Crippen LogP contribution in [0.1, 0.15) is 36.8 Å². The van der Waals surface area contributed by atoms with Gasteiger partial charge in [0.1, 0.15) is 0 Å². The number of hydrogen-bond acceptors (Lipinski definition) is 4. The lowest BCUT2D eigenvalue weighted by molar-refractivity contribution is 0.0768. The minimum Gasteiger partial charge on any atom is -0.393 e. The predicted molar refractivity (Wildman–Crippen MR) is 80.8 cm³/mol. The molecule has 116 valence electrons. The summed E-state index contributed by atoms with van der Waals surface area (Å²) in [6, 6.07) is 7.36. The number of piperidine rings is 1. The first-order chi connectivity index (χ1) is 10.0. The normalized spacial score (nSPS) is 29.7. The van der Waals surface area contributed by atoms with Gasteiger partial charge in [-0.15, -0.1) is 0 Å². The molecule has 3 N–H and O–H groups in total. The largest absolute Gasteiger partial charge is 0.393 e. The van der Waals surface area contributed by atoms with Crippen LogP contribution in [-0.2, 0) is 22.3 Å².